The molecule has 0 spiro atoms. The first-order valence-electron chi connectivity index (χ1n) is 7.76. The van der Waals surface area contributed by atoms with Gasteiger partial charge in [-0.1, -0.05) is 13.8 Å². The maximum atomic E-state index is 5.59. The van der Waals surface area contributed by atoms with Crippen molar-refractivity contribution < 1.29 is 4.74 Å². The van der Waals surface area contributed by atoms with Crippen molar-refractivity contribution in [1.82, 2.24) is 9.97 Å². The van der Waals surface area contributed by atoms with Crippen molar-refractivity contribution in [2.75, 3.05) is 24.0 Å². The molecule has 0 bridgehead atoms. The van der Waals surface area contributed by atoms with Gasteiger partial charge in [0.25, 0.3) is 0 Å². The van der Waals surface area contributed by atoms with Crippen LogP contribution in [0.3, 0.4) is 0 Å². The number of nitrogens with one attached hydrogen (secondary N) is 2. The lowest BCUT2D eigenvalue weighted by Crippen LogP contribution is -2.32. The molecule has 0 saturated heterocycles. The fraction of sp³-hybridized carbons (Fsp3) is 0.733. The number of hydrogen-bond acceptors (Lipinski definition) is 6. The molecule has 1 unspecified atom stereocenters. The zero-order valence-electron chi connectivity index (χ0n) is 13.4. The molecule has 0 aliphatic heterocycles. The molecule has 0 radical (unpaired) electrons. The summed E-state index contributed by atoms with van der Waals surface area (Å²) in [6, 6.07) is 0.219. The topological polar surface area (TPSA) is 85.1 Å². The zero-order valence-corrected chi connectivity index (χ0v) is 13.4. The first-order chi connectivity index (χ1) is 10.1. The summed E-state index contributed by atoms with van der Waals surface area (Å²) in [6.45, 7) is 9.73. The van der Waals surface area contributed by atoms with Gasteiger partial charge in [-0.25, -0.2) is 15.8 Å². The van der Waals surface area contributed by atoms with Gasteiger partial charge in [-0.05, 0) is 32.6 Å². The van der Waals surface area contributed by atoms with E-state index in [1.54, 1.807) is 0 Å². The van der Waals surface area contributed by atoms with Crippen molar-refractivity contribution in [3.05, 3.63) is 11.4 Å². The van der Waals surface area contributed by atoms with E-state index in [4.69, 9.17) is 15.6 Å². The third-order valence-electron chi connectivity index (χ3n) is 3.87. The van der Waals surface area contributed by atoms with Crippen LogP contribution in [0.25, 0.3) is 0 Å². The third-order valence-corrected chi connectivity index (χ3v) is 3.87. The Labute approximate surface area is 126 Å². The summed E-state index contributed by atoms with van der Waals surface area (Å²) in [5, 5.41) is 3.51. The maximum Gasteiger partial charge on any atom is 0.148 e. The first-order valence-corrected chi connectivity index (χ1v) is 7.76. The van der Waals surface area contributed by atoms with Crippen LogP contribution in [0.5, 0.6) is 0 Å². The zero-order chi connectivity index (χ0) is 15.4. The Morgan fingerprint density at radius 2 is 1.95 bits per heavy atom. The standard InChI is InChI=1S/C15H27N5O/c1-5-21-8-12(9(2)3)17-13-10(4)14(20-16)19-15(18-13)11-6-7-11/h9,11-12H,5-8,16H2,1-4H3,(H2,17,18,19,20). The van der Waals surface area contributed by atoms with Gasteiger partial charge in [0.05, 0.1) is 12.6 Å². The van der Waals surface area contributed by atoms with Crippen LogP contribution < -0.4 is 16.6 Å². The molecule has 1 aliphatic rings. The lowest BCUT2D eigenvalue weighted by Gasteiger charge is -2.24. The number of anilines is 2. The fourth-order valence-electron chi connectivity index (χ4n) is 2.16. The number of hydrogen-bond donors (Lipinski definition) is 3. The molecule has 6 heteroatoms. The van der Waals surface area contributed by atoms with E-state index in [2.05, 4.69) is 29.6 Å². The molecule has 1 fully saturated rings. The number of nitrogens with two attached hydrogens (primary N) is 1. The first kappa shape index (κ1) is 16.0. The van der Waals surface area contributed by atoms with Crippen LogP contribution >= 0.6 is 0 Å². The van der Waals surface area contributed by atoms with Crippen molar-refractivity contribution in [2.45, 2.75) is 52.5 Å². The predicted octanol–water partition coefficient (Wildman–Crippen LogP) is 2.42. The van der Waals surface area contributed by atoms with Crippen LogP contribution in [0.2, 0.25) is 0 Å². The molecule has 6 nitrogen and oxygen atoms in total. The summed E-state index contributed by atoms with van der Waals surface area (Å²) in [4.78, 5) is 9.21. The number of rotatable bonds is 8. The van der Waals surface area contributed by atoms with Gasteiger partial charge in [-0.3, -0.25) is 0 Å². The molecular weight excluding hydrogens is 266 g/mol. The van der Waals surface area contributed by atoms with Gasteiger partial charge < -0.3 is 15.5 Å². The van der Waals surface area contributed by atoms with Gasteiger partial charge in [0.2, 0.25) is 0 Å². The summed E-state index contributed by atoms with van der Waals surface area (Å²) in [7, 11) is 0. The highest BCUT2D eigenvalue weighted by atomic mass is 16.5. The third kappa shape index (κ3) is 4.04. The number of aromatic nitrogens is 2. The number of ether oxygens (including phenoxy) is 1. The molecule has 118 valence electrons. The Bertz CT molecular complexity index is 473. The number of hydrazine groups is 1. The molecule has 1 aromatic rings. The summed E-state index contributed by atoms with van der Waals surface area (Å²) >= 11 is 0. The van der Waals surface area contributed by atoms with E-state index >= 15 is 0 Å². The van der Waals surface area contributed by atoms with Gasteiger partial charge in [-0.15, -0.1) is 0 Å². The van der Waals surface area contributed by atoms with Crippen molar-refractivity contribution >= 4 is 11.6 Å². The van der Waals surface area contributed by atoms with Crippen LogP contribution in [-0.2, 0) is 4.74 Å². The van der Waals surface area contributed by atoms with Crippen LogP contribution in [0.15, 0.2) is 0 Å². The molecule has 1 saturated carbocycles. The monoisotopic (exact) mass is 293 g/mol. The molecule has 1 aromatic heterocycles. The largest absolute Gasteiger partial charge is 0.380 e. The fourth-order valence-corrected chi connectivity index (χ4v) is 2.16. The molecule has 21 heavy (non-hydrogen) atoms. The van der Waals surface area contributed by atoms with Gasteiger partial charge in [-0.2, -0.15) is 0 Å². The van der Waals surface area contributed by atoms with Gasteiger partial charge >= 0.3 is 0 Å². The predicted molar refractivity (Wildman–Crippen MR) is 85.3 cm³/mol. The van der Waals surface area contributed by atoms with E-state index < -0.39 is 0 Å². The number of nitrogens with zero attached hydrogens (tertiary/aromatic N) is 2. The molecule has 1 atom stereocenters. The second-order valence-electron chi connectivity index (χ2n) is 5.98. The highest BCUT2D eigenvalue weighted by Crippen LogP contribution is 2.39. The minimum Gasteiger partial charge on any atom is -0.380 e. The van der Waals surface area contributed by atoms with E-state index in [0.29, 0.717) is 24.3 Å². The molecule has 2 rings (SSSR count). The van der Waals surface area contributed by atoms with E-state index in [-0.39, 0.29) is 6.04 Å². The second-order valence-corrected chi connectivity index (χ2v) is 5.98. The minimum absolute atomic E-state index is 0.219. The lowest BCUT2D eigenvalue weighted by atomic mass is 10.1. The summed E-state index contributed by atoms with van der Waals surface area (Å²) in [5.74, 6) is 8.97. The Morgan fingerprint density at radius 3 is 2.48 bits per heavy atom. The van der Waals surface area contributed by atoms with Gasteiger partial charge in [0.1, 0.15) is 17.5 Å². The lowest BCUT2D eigenvalue weighted by molar-refractivity contribution is 0.126. The van der Waals surface area contributed by atoms with E-state index in [1.165, 1.54) is 12.8 Å². The number of nitrogen functional groups attached to an aromatic ring is 1. The second kappa shape index (κ2) is 7.04. The Balaban J connectivity index is 2.21. The highest BCUT2D eigenvalue weighted by molar-refractivity contribution is 5.57. The Kier molecular flexibility index (Phi) is 5.36. The van der Waals surface area contributed by atoms with Crippen molar-refractivity contribution in [3.8, 4) is 0 Å². The van der Waals surface area contributed by atoms with Crippen LogP contribution in [0, 0.1) is 12.8 Å². The highest BCUT2D eigenvalue weighted by Gasteiger charge is 2.28. The average Bonchev–Trinajstić information content (AvgIpc) is 3.29. The normalized spacial score (nSPS) is 16.1. The van der Waals surface area contributed by atoms with Crippen LogP contribution in [0.4, 0.5) is 11.6 Å². The smallest absolute Gasteiger partial charge is 0.148 e. The van der Waals surface area contributed by atoms with E-state index in [9.17, 15) is 0 Å². The maximum absolute atomic E-state index is 5.59. The van der Waals surface area contributed by atoms with Gasteiger partial charge in [0, 0.05) is 18.1 Å². The van der Waals surface area contributed by atoms with E-state index in [0.717, 1.165) is 23.8 Å². The minimum atomic E-state index is 0.219. The van der Waals surface area contributed by atoms with Crippen LogP contribution in [0.1, 0.15) is 50.9 Å². The average molecular weight is 293 g/mol. The van der Waals surface area contributed by atoms with Gasteiger partial charge in [0.15, 0.2) is 0 Å². The molecule has 1 heterocycles. The Hall–Kier alpha value is -1.40. The molecule has 0 aromatic carbocycles. The molecule has 4 N–H and O–H groups in total. The summed E-state index contributed by atoms with van der Waals surface area (Å²) in [5.41, 5.74) is 3.63. The van der Waals surface area contributed by atoms with Crippen LogP contribution in [-0.4, -0.2) is 29.2 Å². The van der Waals surface area contributed by atoms with Crippen molar-refractivity contribution in [2.24, 2.45) is 11.8 Å². The van der Waals surface area contributed by atoms with Crippen molar-refractivity contribution in [3.63, 3.8) is 0 Å². The molecular formula is C15H27N5O. The SMILES string of the molecule is CCOCC(Nc1nc(C2CC2)nc(NN)c1C)C(C)C. The van der Waals surface area contributed by atoms with E-state index in [1.807, 2.05) is 13.8 Å². The summed E-state index contributed by atoms with van der Waals surface area (Å²) in [6.07, 6.45) is 2.33. The molecule has 0 amide bonds. The summed E-state index contributed by atoms with van der Waals surface area (Å²) < 4.78 is 5.57. The van der Waals surface area contributed by atoms with Crippen molar-refractivity contribution in [1.29, 1.82) is 0 Å². The Morgan fingerprint density at radius 1 is 1.29 bits per heavy atom. The molecule has 1 aliphatic carbocycles. The quantitative estimate of drug-likeness (QED) is 0.504.